The molecule has 1 aliphatic rings. The summed E-state index contributed by atoms with van der Waals surface area (Å²) < 4.78 is 38.6. The molecule has 3 rings (SSSR count). The van der Waals surface area contributed by atoms with Crippen LogP contribution < -0.4 is 14.8 Å². The molecule has 4 nitrogen and oxygen atoms in total. The third kappa shape index (κ3) is 2.76. The number of amides is 1. The van der Waals surface area contributed by atoms with E-state index in [1.807, 2.05) is 0 Å². The lowest BCUT2D eigenvalue weighted by Gasteiger charge is -2.20. The lowest BCUT2D eigenvalue weighted by atomic mass is 10.1. The molecule has 0 atom stereocenters. The highest BCUT2D eigenvalue weighted by Crippen LogP contribution is 2.38. The van der Waals surface area contributed by atoms with Crippen LogP contribution in [0.4, 0.5) is 14.5 Å². The Kier molecular flexibility index (Phi) is 3.98. The summed E-state index contributed by atoms with van der Waals surface area (Å²) in [7, 11) is 0. The second-order valence-corrected chi connectivity index (χ2v) is 5.38. The molecule has 114 valence electrons. The Balaban J connectivity index is 1.91. The van der Waals surface area contributed by atoms with Gasteiger partial charge in [0.2, 0.25) is 0 Å². The fourth-order valence-corrected chi connectivity index (χ4v) is 2.48. The van der Waals surface area contributed by atoms with Gasteiger partial charge in [-0.2, -0.15) is 0 Å². The van der Waals surface area contributed by atoms with Gasteiger partial charge in [0.15, 0.2) is 11.5 Å². The highest BCUT2D eigenvalue weighted by molar-refractivity contribution is 9.10. The van der Waals surface area contributed by atoms with Crippen LogP contribution in [0.25, 0.3) is 0 Å². The average Bonchev–Trinajstić information content (AvgIpc) is 2.48. The lowest BCUT2D eigenvalue weighted by Crippen LogP contribution is -2.18. The molecule has 22 heavy (non-hydrogen) atoms. The van der Waals surface area contributed by atoms with Gasteiger partial charge >= 0.3 is 0 Å². The summed E-state index contributed by atoms with van der Waals surface area (Å²) in [4.78, 5) is 12.1. The first kappa shape index (κ1) is 14.8. The molecule has 1 amide bonds. The zero-order chi connectivity index (χ0) is 15.7. The summed E-state index contributed by atoms with van der Waals surface area (Å²) in [6, 6.07) is 6.41. The molecular formula is C15H10BrF2NO3. The molecule has 1 N–H and O–H groups in total. The van der Waals surface area contributed by atoms with E-state index < -0.39 is 23.1 Å². The molecule has 0 aromatic heterocycles. The number of anilines is 1. The Bertz CT molecular complexity index is 732. The first-order valence-electron chi connectivity index (χ1n) is 6.41. The fraction of sp³-hybridized carbons (Fsp3) is 0.133. The number of rotatable bonds is 2. The van der Waals surface area contributed by atoms with E-state index in [2.05, 4.69) is 21.2 Å². The maximum Gasteiger partial charge on any atom is 0.261 e. The summed E-state index contributed by atoms with van der Waals surface area (Å²) in [6.45, 7) is 0.829. The van der Waals surface area contributed by atoms with Gasteiger partial charge in [-0.05, 0) is 28.1 Å². The van der Waals surface area contributed by atoms with Crippen molar-refractivity contribution in [3.05, 3.63) is 52.0 Å². The number of hydrogen-bond donors (Lipinski definition) is 1. The number of halogens is 3. The molecule has 2 aromatic rings. The van der Waals surface area contributed by atoms with E-state index in [1.54, 1.807) is 6.07 Å². The molecule has 1 heterocycles. The largest absolute Gasteiger partial charge is 0.486 e. The van der Waals surface area contributed by atoms with Crippen LogP contribution in [-0.2, 0) is 0 Å². The molecule has 0 bridgehead atoms. The normalized spacial score (nSPS) is 12.9. The van der Waals surface area contributed by atoms with Crippen molar-refractivity contribution in [1.82, 2.24) is 0 Å². The van der Waals surface area contributed by atoms with Gasteiger partial charge in [-0.15, -0.1) is 0 Å². The predicted molar refractivity (Wildman–Crippen MR) is 79.4 cm³/mol. The second-order valence-electron chi connectivity index (χ2n) is 4.53. The van der Waals surface area contributed by atoms with Crippen LogP contribution >= 0.6 is 15.9 Å². The predicted octanol–water partition coefficient (Wildman–Crippen LogP) is 3.75. The van der Waals surface area contributed by atoms with E-state index >= 15 is 0 Å². The third-order valence-corrected chi connectivity index (χ3v) is 3.73. The Labute approximate surface area is 133 Å². The third-order valence-electron chi connectivity index (χ3n) is 3.07. The van der Waals surface area contributed by atoms with Crippen molar-refractivity contribution in [2.75, 3.05) is 18.5 Å². The molecule has 0 spiro atoms. The van der Waals surface area contributed by atoms with Gasteiger partial charge in [0.1, 0.15) is 30.4 Å². The molecule has 0 saturated carbocycles. The van der Waals surface area contributed by atoms with Crippen molar-refractivity contribution in [3.8, 4) is 11.5 Å². The molecule has 0 aliphatic carbocycles. The number of benzene rings is 2. The maximum atomic E-state index is 13.6. The highest BCUT2D eigenvalue weighted by atomic mass is 79.9. The van der Waals surface area contributed by atoms with Gasteiger partial charge < -0.3 is 14.8 Å². The number of fused-ring (bicyclic) bond motifs is 1. The second kappa shape index (κ2) is 5.92. The molecule has 0 saturated heterocycles. The van der Waals surface area contributed by atoms with Crippen molar-refractivity contribution in [1.29, 1.82) is 0 Å². The van der Waals surface area contributed by atoms with Crippen LogP contribution in [0.15, 0.2) is 34.8 Å². The summed E-state index contributed by atoms with van der Waals surface area (Å²) in [5.74, 6) is -1.74. The summed E-state index contributed by atoms with van der Waals surface area (Å²) in [5.41, 5.74) is -0.304. The monoisotopic (exact) mass is 369 g/mol. The first-order chi connectivity index (χ1) is 10.6. The van der Waals surface area contributed by atoms with Crippen LogP contribution in [0.3, 0.4) is 0 Å². The smallest absolute Gasteiger partial charge is 0.261 e. The SMILES string of the molecule is O=C(Nc1cc2c(cc1Br)OCCO2)c1c(F)cccc1F. The number of carbonyl (C=O) groups excluding carboxylic acids is 1. The van der Waals surface area contributed by atoms with Crippen LogP contribution in [0.1, 0.15) is 10.4 Å². The van der Waals surface area contributed by atoms with E-state index in [9.17, 15) is 13.6 Å². The van der Waals surface area contributed by atoms with E-state index in [0.29, 0.717) is 34.9 Å². The van der Waals surface area contributed by atoms with Gasteiger partial charge in [-0.25, -0.2) is 8.78 Å². The minimum Gasteiger partial charge on any atom is -0.486 e. The Hall–Kier alpha value is -2.15. The number of nitrogens with one attached hydrogen (secondary N) is 1. The molecule has 2 aromatic carbocycles. The molecular weight excluding hydrogens is 360 g/mol. The van der Waals surface area contributed by atoms with E-state index in [-0.39, 0.29) is 0 Å². The van der Waals surface area contributed by atoms with E-state index in [0.717, 1.165) is 12.1 Å². The molecule has 1 aliphatic heterocycles. The van der Waals surface area contributed by atoms with Gasteiger partial charge in [0, 0.05) is 16.6 Å². The van der Waals surface area contributed by atoms with Gasteiger partial charge in [-0.3, -0.25) is 4.79 Å². The van der Waals surface area contributed by atoms with Crippen molar-refractivity contribution >= 4 is 27.5 Å². The number of hydrogen-bond acceptors (Lipinski definition) is 3. The first-order valence-corrected chi connectivity index (χ1v) is 7.20. The Morgan fingerprint density at radius 3 is 2.32 bits per heavy atom. The zero-order valence-corrected chi connectivity index (χ0v) is 12.7. The topological polar surface area (TPSA) is 47.6 Å². The van der Waals surface area contributed by atoms with Crippen LogP contribution in [0, 0.1) is 11.6 Å². The molecule has 0 radical (unpaired) electrons. The zero-order valence-electron chi connectivity index (χ0n) is 11.2. The number of ether oxygens (including phenoxy) is 2. The Morgan fingerprint density at radius 2 is 1.68 bits per heavy atom. The molecule has 0 fully saturated rings. The molecule has 7 heteroatoms. The summed E-state index contributed by atoms with van der Waals surface area (Å²) >= 11 is 3.28. The Morgan fingerprint density at radius 1 is 1.09 bits per heavy atom. The number of carbonyl (C=O) groups is 1. The van der Waals surface area contributed by atoms with Crippen LogP contribution in [-0.4, -0.2) is 19.1 Å². The quantitative estimate of drug-likeness (QED) is 0.876. The van der Waals surface area contributed by atoms with Gasteiger partial charge in [0.05, 0.1) is 5.69 Å². The minimum absolute atomic E-state index is 0.330. The van der Waals surface area contributed by atoms with Crippen molar-refractivity contribution in [3.63, 3.8) is 0 Å². The lowest BCUT2D eigenvalue weighted by molar-refractivity contribution is 0.101. The van der Waals surface area contributed by atoms with Crippen LogP contribution in [0.2, 0.25) is 0 Å². The van der Waals surface area contributed by atoms with E-state index in [1.165, 1.54) is 12.1 Å². The maximum absolute atomic E-state index is 13.6. The van der Waals surface area contributed by atoms with Gasteiger partial charge in [0.25, 0.3) is 5.91 Å². The average molecular weight is 370 g/mol. The van der Waals surface area contributed by atoms with Crippen LogP contribution in [0.5, 0.6) is 11.5 Å². The fourth-order valence-electron chi connectivity index (χ4n) is 2.06. The van der Waals surface area contributed by atoms with Crippen molar-refractivity contribution in [2.45, 2.75) is 0 Å². The summed E-state index contributed by atoms with van der Waals surface area (Å²) in [5, 5.41) is 2.46. The standard InChI is InChI=1S/C15H10BrF2NO3/c16-8-6-12-13(22-5-4-21-12)7-11(8)19-15(20)14-9(17)2-1-3-10(14)18/h1-3,6-7H,4-5H2,(H,19,20). The van der Waals surface area contributed by atoms with E-state index in [4.69, 9.17) is 9.47 Å². The minimum atomic E-state index is -0.925. The molecule has 0 unspecified atom stereocenters. The van der Waals surface area contributed by atoms with Crippen molar-refractivity contribution in [2.24, 2.45) is 0 Å². The van der Waals surface area contributed by atoms with Gasteiger partial charge in [-0.1, -0.05) is 6.07 Å². The van der Waals surface area contributed by atoms with Crippen molar-refractivity contribution < 1.29 is 23.0 Å². The highest BCUT2D eigenvalue weighted by Gasteiger charge is 2.20. The summed E-state index contributed by atoms with van der Waals surface area (Å²) in [6.07, 6.45) is 0.